The van der Waals surface area contributed by atoms with Crippen molar-refractivity contribution in [3.8, 4) is 0 Å². The van der Waals surface area contributed by atoms with E-state index in [1.54, 1.807) is 26.0 Å². The molecule has 1 atom stereocenters. The number of nitrogens with one attached hydrogen (secondary N) is 2. The van der Waals surface area contributed by atoms with Crippen LogP contribution < -0.4 is 10.6 Å². The van der Waals surface area contributed by atoms with Crippen LogP contribution in [0.25, 0.3) is 0 Å². The lowest BCUT2D eigenvalue weighted by Crippen LogP contribution is -2.51. The fraction of sp³-hybridized carbons (Fsp3) is 0.621. The van der Waals surface area contributed by atoms with Crippen molar-refractivity contribution in [3.63, 3.8) is 0 Å². The van der Waals surface area contributed by atoms with E-state index in [9.17, 15) is 24.0 Å². The minimum atomic E-state index is -1.19. The normalized spacial score (nSPS) is 11.4. The monoisotopic (exact) mass is 563 g/mol. The Morgan fingerprint density at radius 1 is 0.750 bits per heavy atom. The Labute approximate surface area is 237 Å². The fourth-order valence-corrected chi connectivity index (χ4v) is 3.80. The molecule has 2 amide bonds. The largest absolute Gasteiger partial charge is 0.465 e. The highest BCUT2D eigenvalue weighted by Gasteiger charge is 2.26. The Balaban J connectivity index is 2.80. The molecule has 1 rings (SSSR count). The summed E-state index contributed by atoms with van der Waals surface area (Å²) in [6.45, 7) is 5.12. The summed E-state index contributed by atoms with van der Waals surface area (Å²) in [6, 6.07) is 7.91. The summed E-state index contributed by atoms with van der Waals surface area (Å²) in [7, 11) is 0. The first kappa shape index (κ1) is 34.6. The molecule has 2 N–H and O–H groups in total. The second-order valence-electron chi connectivity index (χ2n) is 9.28. The fourth-order valence-electron chi connectivity index (χ4n) is 3.80. The van der Waals surface area contributed by atoms with Crippen LogP contribution in [0.1, 0.15) is 71.3 Å². The molecule has 0 heterocycles. The zero-order valence-electron chi connectivity index (χ0n) is 24.1. The molecule has 0 saturated carbocycles. The second kappa shape index (κ2) is 21.4. The third-order valence-corrected chi connectivity index (χ3v) is 5.78. The summed E-state index contributed by atoms with van der Waals surface area (Å²) in [5, 5.41) is 5.34. The van der Waals surface area contributed by atoms with Gasteiger partial charge in [0.15, 0.2) is 0 Å². The highest BCUT2D eigenvalue weighted by molar-refractivity contribution is 5.91. The summed E-state index contributed by atoms with van der Waals surface area (Å²) in [5.74, 6) is -3.04. The first-order valence-corrected chi connectivity index (χ1v) is 14.1. The van der Waals surface area contributed by atoms with Crippen LogP contribution in [-0.2, 0) is 44.8 Å². The SMILES string of the molecule is CCCCCCCCNC(=O)[C@H](CC(=O)OCc1ccccc1)NC(=O)CN(CC(=O)OCC)CC(=O)OCC. The van der Waals surface area contributed by atoms with Crippen LogP contribution in [0.5, 0.6) is 0 Å². The summed E-state index contributed by atoms with van der Waals surface area (Å²) >= 11 is 0. The van der Waals surface area contributed by atoms with Crippen LogP contribution in [0.15, 0.2) is 30.3 Å². The molecule has 1 aromatic carbocycles. The third-order valence-electron chi connectivity index (χ3n) is 5.78. The van der Waals surface area contributed by atoms with E-state index in [4.69, 9.17) is 14.2 Å². The summed E-state index contributed by atoms with van der Waals surface area (Å²) < 4.78 is 15.2. The number of unbranched alkanes of at least 4 members (excludes halogenated alkanes) is 5. The average molecular weight is 564 g/mol. The number of esters is 3. The third kappa shape index (κ3) is 16.5. The van der Waals surface area contributed by atoms with Crippen LogP contribution in [-0.4, -0.2) is 80.1 Å². The van der Waals surface area contributed by atoms with Crippen molar-refractivity contribution in [3.05, 3.63) is 35.9 Å². The number of carbonyl (C=O) groups excluding carboxylic acids is 5. The number of hydrogen-bond acceptors (Lipinski definition) is 9. The molecule has 11 heteroatoms. The zero-order chi connectivity index (χ0) is 29.6. The molecule has 0 aliphatic carbocycles. The van der Waals surface area contributed by atoms with Gasteiger partial charge < -0.3 is 24.8 Å². The van der Waals surface area contributed by atoms with E-state index in [2.05, 4.69) is 17.6 Å². The van der Waals surface area contributed by atoms with Gasteiger partial charge in [-0.15, -0.1) is 0 Å². The Morgan fingerprint density at radius 3 is 1.95 bits per heavy atom. The van der Waals surface area contributed by atoms with Crippen LogP contribution in [0.4, 0.5) is 0 Å². The Morgan fingerprint density at radius 2 is 1.35 bits per heavy atom. The molecule has 0 aromatic heterocycles. The zero-order valence-corrected chi connectivity index (χ0v) is 24.1. The van der Waals surface area contributed by atoms with Crippen molar-refractivity contribution in [2.75, 3.05) is 39.4 Å². The molecule has 0 unspecified atom stereocenters. The summed E-state index contributed by atoms with van der Waals surface area (Å²) in [5.41, 5.74) is 0.789. The Kier molecular flexibility index (Phi) is 18.5. The number of amides is 2. The molecule has 224 valence electrons. The van der Waals surface area contributed by atoms with Gasteiger partial charge in [0.05, 0.1) is 39.3 Å². The van der Waals surface area contributed by atoms with Gasteiger partial charge in [-0.2, -0.15) is 0 Å². The molecule has 0 fully saturated rings. The minimum absolute atomic E-state index is 0.0343. The number of hydrogen-bond donors (Lipinski definition) is 2. The van der Waals surface area contributed by atoms with Crippen molar-refractivity contribution in [1.82, 2.24) is 15.5 Å². The van der Waals surface area contributed by atoms with Gasteiger partial charge >= 0.3 is 17.9 Å². The molecule has 1 aromatic rings. The second-order valence-corrected chi connectivity index (χ2v) is 9.28. The molecule has 0 bridgehead atoms. The van der Waals surface area contributed by atoms with E-state index in [1.165, 1.54) is 11.3 Å². The lowest BCUT2D eigenvalue weighted by Gasteiger charge is -2.22. The lowest BCUT2D eigenvalue weighted by atomic mass is 10.1. The number of nitrogens with zero attached hydrogens (tertiary/aromatic N) is 1. The van der Waals surface area contributed by atoms with Crippen LogP contribution >= 0.6 is 0 Å². The molecule has 40 heavy (non-hydrogen) atoms. The van der Waals surface area contributed by atoms with Gasteiger partial charge in [0.1, 0.15) is 12.6 Å². The van der Waals surface area contributed by atoms with E-state index in [0.29, 0.717) is 6.54 Å². The predicted molar refractivity (Wildman–Crippen MR) is 149 cm³/mol. The van der Waals surface area contributed by atoms with E-state index in [-0.39, 0.29) is 39.3 Å². The van der Waals surface area contributed by atoms with Crippen molar-refractivity contribution in [2.24, 2.45) is 0 Å². The topological polar surface area (TPSA) is 140 Å². The van der Waals surface area contributed by atoms with Gasteiger partial charge in [-0.05, 0) is 25.8 Å². The number of benzene rings is 1. The van der Waals surface area contributed by atoms with E-state index in [0.717, 1.165) is 37.7 Å². The quantitative estimate of drug-likeness (QED) is 0.131. The number of rotatable bonds is 21. The smallest absolute Gasteiger partial charge is 0.320 e. The summed E-state index contributed by atoms with van der Waals surface area (Å²) in [4.78, 5) is 63.6. The van der Waals surface area contributed by atoms with Crippen molar-refractivity contribution >= 4 is 29.7 Å². The van der Waals surface area contributed by atoms with E-state index in [1.807, 2.05) is 18.2 Å². The maximum absolute atomic E-state index is 12.9. The van der Waals surface area contributed by atoms with Crippen molar-refractivity contribution in [2.45, 2.75) is 78.4 Å². The van der Waals surface area contributed by atoms with E-state index < -0.39 is 42.3 Å². The maximum Gasteiger partial charge on any atom is 0.320 e. The molecule has 0 spiro atoms. The highest BCUT2D eigenvalue weighted by atomic mass is 16.5. The standard InChI is InChI=1S/C29H45N3O8/c1-4-7-8-9-10-14-17-30-29(37)24(18-26(34)40-22-23-15-12-11-13-16-23)31-25(33)19-32(20-27(35)38-5-2)21-28(36)39-6-3/h11-13,15-16,24H,4-10,14,17-22H2,1-3H3,(H,30,37)(H,31,33)/t24-/m0/s1. The molecule has 0 aliphatic heterocycles. The van der Waals surface area contributed by atoms with Gasteiger partial charge in [-0.1, -0.05) is 69.4 Å². The Hall–Kier alpha value is -3.47. The highest BCUT2D eigenvalue weighted by Crippen LogP contribution is 2.06. The van der Waals surface area contributed by atoms with Crippen molar-refractivity contribution < 1.29 is 38.2 Å². The number of carbonyl (C=O) groups is 5. The number of ether oxygens (including phenoxy) is 3. The molecule has 0 saturated heterocycles. The van der Waals surface area contributed by atoms with E-state index >= 15 is 0 Å². The van der Waals surface area contributed by atoms with Gasteiger partial charge in [0.25, 0.3) is 0 Å². The minimum Gasteiger partial charge on any atom is -0.465 e. The maximum atomic E-state index is 12.9. The first-order chi connectivity index (χ1) is 19.3. The molecule has 0 radical (unpaired) electrons. The predicted octanol–water partition coefficient (Wildman–Crippen LogP) is 2.51. The van der Waals surface area contributed by atoms with Crippen LogP contribution in [0.3, 0.4) is 0 Å². The van der Waals surface area contributed by atoms with Gasteiger partial charge in [-0.25, -0.2) is 0 Å². The summed E-state index contributed by atoms with van der Waals surface area (Å²) in [6.07, 6.45) is 5.91. The molecular formula is C29H45N3O8. The average Bonchev–Trinajstić information content (AvgIpc) is 2.91. The Bertz CT molecular complexity index is 890. The first-order valence-electron chi connectivity index (χ1n) is 14.1. The van der Waals surface area contributed by atoms with Gasteiger partial charge in [0, 0.05) is 6.54 Å². The van der Waals surface area contributed by atoms with Crippen LogP contribution in [0.2, 0.25) is 0 Å². The van der Waals surface area contributed by atoms with Crippen LogP contribution in [0, 0.1) is 0 Å². The molecule has 0 aliphatic rings. The van der Waals surface area contributed by atoms with Gasteiger partial charge in [0.2, 0.25) is 11.8 Å². The molecule has 11 nitrogen and oxygen atoms in total. The van der Waals surface area contributed by atoms with Gasteiger partial charge in [-0.3, -0.25) is 28.9 Å². The molecular weight excluding hydrogens is 518 g/mol. The van der Waals surface area contributed by atoms with Crippen molar-refractivity contribution in [1.29, 1.82) is 0 Å². The lowest BCUT2D eigenvalue weighted by molar-refractivity contribution is -0.148.